The van der Waals surface area contributed by atoms with E-state index in [1.807, 2.05) is 0 Å². The zero-order chi connectivity index (χ0) is 0. The van der Waals surface area contributed by atoms with Crippen molar-refractivity contribution in [1.82, 2.24) is 0 Å². The molecule has 0 aromatic rings. The second kappa shape index (κ2) is 24.4. The summed E-state index contributed by atoms with van der Waals surface area (Å²) in [7, 11) is 0. The summed E-state index contributed by atoms with van der Waals surface area (Å²) < 4.78 is 0. The molecule has 0 heterocycles. The van der Waals surface area contributed by atoms with E-state index in [1.165, 1.54) is 0 Å². The van der Waals surface area contributed by atoms with Crippen LogP contribution in [0.3, 0.4) is 0 Å². The van der Waals surface area contributed by atoms with Crippen LogP contribution in [0.1, 0.15) is 2.85 Å². The van der Waals surface area contributed by atoms with Gasteiger partial charge in [-0.1, -0.05) is 0 Å². The summed E-state index contributed by atoms with van der Waals surface area (Å²) in [5, 5.41) is 0. The van der Waals surface area contributed by atoms with Crippen LogP contribution in [0.15, 0.2) is 0 Å². The molecule has 0 atom stereocenters. The van der Waals surface area contributed by atoms with Crippen LogP contribution in [-0.4, -0.2) is 106 Å². The third kappa shape index (κ3) is 18.0. The molecule has 0 aliphatic rings. The van der Waals surface area contributed by atoms with Gasteiger partial charge in [0.25, 0.3) is 0 Å². The van der Waals surface area contributed by atoms with Crippen molar-refractivity contribution in [1.29, 1.82) is 0 Å². The Bertz CT molecular complexity index is 17.7. The molecule has 0 rings (SSSR count). The Labute approximate surface area is 123 Å². The molecule has 0 aromatic heterocycles. The van der Waals surface area contributed by atoms with E-state index in [0.717, 1.165) is 0 Å². The van der Waals surface area contributed by atoms with Gasteiger partial charge < -0.3 is 2.85 Å². The Morgan fingerprint density at radius 2 is 1.20 bits per heavy atom. The van der Waals surface area contributed by atoms with E-state index in [4.69, 9.17) is 0 Å². The predicted octanol–water partition coefficient (Wildman–Crippen LogP) is -3.17. The van der Waals surface area contributed by atoms with Gasteiger partial charge in [-0.15, -0.1) is 0 Å². The van der Waals surface area contributed by atoms with Crippen LogP contribution in [0.2, 0.25) is 0 Å². The molecule has 0 bridgehead atoms. The van der Waals surface area contributed by atoms with Crippen molar-refractivity contribution >= 4 is 106 Å². The minimum absolute atomic E-state index is 0. The van der Waals surface area contributed by atoms with Gasteiger partial charge in [-0.25, -0.2) is 0 Å². The van der Waals surface area contributed by atoms with Gasteiger partial charge in [0.15, 0.2) is 17.4 Å². The number of hydrogen-bond donors (Lipinski definition) is 0. The van der Waals surface area contributed by atoms with Crippen LogP contribution in [-0.2, 0) is 17.1 Å². The minimum atomic E-state index is 0. The van der Waals surface area contributed by atoms with Crippen molar-refractivity contribution in [3.05, 3.63) is 0 Å². The Morgan fingerprint density at radius 1 is 1.20 bits per heavy atom. The van der Waals surface area contributed by atoms with Crippen LogP contribution in [0.5, 0.6) is 0 Å². The van der Waals surface area contributed by atoms with Crippen LogP contribution in [0.4, 0.5) is 0 Å². The average molecular weight is 457 g/mol. The molecular weight excluding hydrogens is 448 g/mol. The van der Waals surface area contributed by atoms with E-state index in [-0.39, 0.29) is 126 Å². The van der Waals surface area contributed by atoms with Crippen molar-refractivity contribution in [2.24, 2.45) is 0 Å². The van der Waals surface area contributed by atoms with Gasteiger partial charge in [0.1, 0.15) is 0 Å². The molecule has 0 aliphatic carbocycles. The second-order valence-electron chi connectivity index (χ2n) is 0. The van der Waals surface area contributed by atoms with Gasteiger partial charge >= 0.3 is 88.9 Å². The summed E-state index contributed by atoms with van der Waals surface area (Å²) in [6.07, 6.45) is 0. The van der Waals surface area contributed by atoms with Gasteiger partial charge in [-0.05, 0) is 0 Å². The van der Waals surface area contributed by atoms with E-state index >= 15 is 0 Å². The van der Waals surface area contributed by atoms with Crippen molar-refractivity contribution in [3.8, 4) is 0 Å². The maximum atomic E-state index is 0. The molecule has 5 heavy (non-hydrogen) atoms. The fourth-order valence-electron chi connectivity index (χ4n) is 0. The van der Waals surface area contributed by atoms with Crippen molar-refractivity contribution < 1.29 is 19.9 Å². The summed E-state index contributed by atoms with van der Waals surface area (Å²) in [4.78, 5) is 0. The first-order chi connectivity index (χ1) is 0. The molecule has 0 fully saturated rings. The average Bonchev–Trinajstić information content (AvgIpc) is 0. The molecule has 0 nitrogen and oxygen atoms in total. The first-order valence-corrected chi connectivity index (χ1v) is 0. The summed E-state index contributed by atoms with van der Waals surface area (Å²) in [6, 6.07) is 0. The van der Waals surface area contributed by atoms with E-state index in [1.54, 1.807) is 0 Å². The SMILES string of the molecule is [AlH3].[Ca+2].[H-].[H-].[Mn].[PbH2].[SnH2]. The monoisotopic (exact) mass is 459 g/mol. The molecule has 0 N–H and O–H groups in total. The van der Waals surface area contributed by atoms with Crippen molar-refractivity contribution in [2.45, 2.75) is 0 Å². The van der Waals surface area contributed by atoms with E-state index in [2.05, 4.69) is 0 Å². The van der Waals surface area contributed by atoms with Gasteiger partial charge in [0, 0.05) is 17.1 Å². The van der Waals surface area contributed by atoms with E-state index in [0.29, 0.717) is 0 Å². The Kier molecular flexibility index (Phi) is 175. The summed E-state index contributed by atoms with van der Waals surface area (Å²) in [5.74, 6) is 0. The topological polar surface area (TPSA) is 0 Å². The molecule has 0 saturated carbocycles. The summed E-state index contributed by atoms with van der Waals surface area (Å²) in [6.45, 7) is 0. The molecule has 0 amide bonds. The summed E-state index contributed by atoms with van der Waals surface area (Å²) in [5.41, 5.74) is 0. The molecule has 0 spiro atoms. The molecule has 0 aromatic carbocycles. The van der Waals surface area contributed by atoms with Crippen molar-refractivity contribution in [2.75, 3.05) is 0 Å². The molecule has 0 unspecified atom stereocenters. The summed E-state index contributed by atoms with van der Waals surface area (Å²) >= 11 is 0. The molecular formula is H9AlCaMnPbSn. The molecule has 0 saturated heterocycles. The van der Waals surface area contributed by atoms with Crippen LogP contribution >= 0.6 is 0 Å². The fraction of sp³-hybridized carbons (Fsp3) is 0. The molecule has 5 heteroatoms. The van der Waals surface area contributed by atoms with Crippen LogP contribution in [0.25, 0.3) is 0 Å². The standard InChI is InChI=1S/Al.Ca.Mn.Pb.Sn.9H/q;+2;;;;;;;;;;;2*-1. The van der Waals surface area contributed by atoms with Gasteiger partial charge in [-0.3, -0.25) is 0 Å². The Hall–Kier alpha value is 4.03. The van der Waals surface area contributed by atoms with E-state index < -0.39 is 0 Å². The molecule has 5 radical (unpaired) electrons. The van der Waals surface area contributed by atoms with E-state index in [9.17, 15) is 0 Å². The zero-order valence-electron chi connectivity index (χ0n) is 4.50. The van der Waals surface area contributed by atoms with Crippen LogP contribution < -0.4 is 0 Å². The Morgan fingerprint density at radius 3 is 1.20 bits per heavy atom. The quantitative estimate of drug-likeness (QED) is 0.337. The van der Waals surface area contributed by atoms with Gasteiger partial charge in [0.05, 0.1) is 0 Å². The third-order valence-corrected chi connectivity index (χ3v) is 0. The zero-order valence-corrected chi connectivity index (χ0v) is 15.4. The van der Waals surface area contributed by atoms with Crippen molar-refractivity contribution in [3.63, 3.8) is 0 Å². The second-order valence-corrected chi connectivity index (χ2v) is 0. The first kappa shape index (κ1) is 35.8. The fourth-order valence-corrected chi connectivity index (χ4v) is 0. The molecule has 0 aliphatic heterocycles. The molecule has 29 valence electrons. The predicted molar refractivity (Wildman–Crippen MR) is 35.0 cm³/mol. The number of rotatable bonds is 0. The number of hydrogen-bond acceptors (Lipinski definition) is 0. The third-order valence-electron chi connectivity index (χ3n) is 0. The van der Waals surface area contributed by atoms with Crippen LogP contribution in [0, 0.1) is 0 Å². The van der Waals surface area contributed by atoms with Gasteiger partial charge in [0.2, 0.25) is 0 Å². The maximum absolute atomic E-state index is 0. The normalized spacial score (nSPS) is 0. The first-order valence-electron chi connectivity index (χ1n) is 0. The Balaban J connectivity index is 0. The van der Waals surface area contributed by atoms with Gasteiger partial charge in [-0.2, -0.15) is 0 Å².